The van der Waals surface area contributed by atoms with Crippen molar-refractivity contribution in [2.24, 2.45) is 11.3 Å². The average molecular weight is 370 g/mol. The molecule has 2 saturated heterocycles. The summed E-state index contributed by atoms with van der Waals surface area (Å²) in [5.74, 6) is 0.502. The molecule has 2 heterocycles. The Balaban J connectivity index is 1.38. The fraction of sp³-hybridized carbons (Fsp3) is 0.696. The lowest BCUT2D eigenvalue weighted by Gasteiger charge is -2.60. The third-order valence-corrected chi connectivity index (χ3v) is 7.01. The van der Waals surface area contributed by atoms with Crippen molar-refractivity contribution in [2.75, 3.05) is 26.2 Å². The Labute approximate surface area is 164 Å². The topological polar surface area (TPSA) is 35.6 Å². The van der Waals surface area contributed by atoms with E-state index in [2.05, 4.69) is 54.4 Å². The number of urea groups is 1. The Morgan fingerprint density at radius 3 is 2.44 bits per heavy atom. The van der Waals surface area contributed by atoms with E-state index >= 15 is 0 Å². The van der Waals surface area contributed by atoms with Gasteiger partial charge in [0.2, 0.25) is 0 Å². The van der Waals surface area contributed by atoms with Crippen LogP contribution in [0.1, 0.15) is 64.0 Å². The summed E-state index contributed by atoms with van der Waals surface area (Å²) in [6, 6.07) is 12.5. The molecule has 2 amide bonds. The van der Waals surface area contributed by atoms with E-state index in [0.717, 1.165) is 32.5 Å². The predicted molar refractivity (Wildman–Crippen MR) is 110 cm³/mol. The van der Waals surface area contributed by atoms with E-state index in [1.807, 2.05) is 4.90 Å². The van der Waals surface area contributed by atoms with Crippen molar-refractivity contribution in [3.63, 3.8) is 0 Å². The second kappa shape index (κ2) is 7.83. The fourth-order valence-electron chi connectivity index (χ4n) is 5.62. The maximum absolute atomic E-state index is 12.4. The molecule has 0 radical (unpaired) electrons. The lowest BCUT2D eigenvalue weighted by Crippen LogP contribution is -2.62. The van der Waals surface area contributed by atoms with Crippen LogP contribution in [0.15, 0.2) is 30.3 Å². The van der Waals surface area contributed by atoms with Gasteiger partial charge in [0.1, 0.15) is 0 Å². The molecule has 3 aliphatic rings. The van der Waals surface area contributed by atoms with Gasteiger partial charge < -0.3 is 10.2 Å². The molecule has 148 valence electrons. The normalized spacial score (nSPS) is 25.7. The molecule has 27 heavy (non-hydrogen) atoms. The number of rotatable bonds is 4. The number of carbonyl (C=O) groups excluding carboxylic acids is 1. The Bertz CT molecular complexity index is 630. The minimum Gasteiger partial charge on any atom is -0.338 e. The minimum absolute atomic E-state index is 0.123. The summed E-state index contributed by atoms with van der Waals surface area (Å²) in [6.07, 6.45) is 7.78. The molecule has 0 bridgehead atoms. The molecule has 1 saturated carbocycles. The highest BCUT2D eigenvalue weighted by atomic mass is 16.2. The number of carbonyl (C=O) groups is 1. The van der Waals surface area contributed by atoms with Crippen LogP contribution in [0.25, 0.3) is 0 Å². The van der Waals surface area contributed by atoms with Gasteiger partial charge in [-0.1, -0.05) is 57.0 Å². The average Bonchev–Trinajstić information content (AvgIpc) is 3.17. The highest BCUT2D eigenvalue weighted by Gasteiger charge is 2.55. The van der Waals surface area contributed by atoms with Crippen molar-refractivity contribution in [3.05, 3.63) is 35.9 Å². The van der Waals surface area contributed by atoms with Crippen molar-refractivity contribution in [2.45, 2.75) is 64.5 Å². The smallest absolute Gasteiger partial charge is 0.317 e. The number of nitrogens with zero attached hydrogens (tertiary/aromatic N) is 2. The van der Waals surface area contributed by atoms with Crippen molar-refractivity contribution in [3.8, 4) is 0 Å². The molecule has 1 aromatic carbocycles. The molecular formula is C23H35N3O. The first-order valence-corrected chi connectivity index (χ1v) is 10.9. The van der Waals surface area contributed by atoms with Crippen LogP contribution in [0.2, 0.25) is 0 Å². The summed E-state index contributed by atoms with van der Waals surface area (Å²) >= 11 is 0. The minimum atomic E-state index is 0.123. The molecule has 1 unspecified atom stereocenters. The Morgan fingerprint density at radius 1 is 1.15 bits per heavy atom. The molecule has 2 aliphatic heterocycles. The predicted octanol–water partition coefficient (Wildman–Crippen LogP) is 4.43. The van der Waals surface area contributed by atoms with Gasteiger partial charge in [0.25, 0.3) is 0 Å². The van der Waals surface area contributed by atoms with Crippen LogP contribution >= 0.6 is 0 Å². The summed E-state index contributed by atoms with van der Waals surface area (Å²) in [4.78, 5) is 17.1. The van der Waals surface area contributed by atoms with E-state index in [0.29, 0.717) is 23.4 Å². The lowest BCUT2D eigenvalue weighted by atomic mass is 9.66. The van der Waals surface area contributed by atoms with E-state index < -0.39 is 0 Å². The van der Waals surface area contributed by atoms with Gasteiger partial charge in [-0.2, -0.15) is 0 Å². The van der Waals surface area contributed by atoms with E-state index in [1.54, 1.807) is 0 Å². The maximum Gasteiger partial charge on any atom is 0.317 e. The van der Waals surface area contributed by atoms with Crippen molar-refractivity contribution in [1.29, 1.82) is 0 Å². The molecule has 1 aliphatic carbocycles. The molecule has 1 aromatic rings. The van der Waals surface area contributed by atoms with Crippen molar-refractivity contribution >= 4 is 6.03 Å². The Kier molecular flexibility index (Phi) is 5.45. The summed E-state index contributed by atoms with van der Waals surface area (Å²) < 4.78 is 0. The molecule has 4 rings (SSSR count). The zero-order chi connectivity index (χ0) is 18.9. The number of hydrogen-bond acceptors (Lipinski definition) is 2. The fourth-order valence-corrected chi connectivity index (χ4v) is 5.62. The van der Waals surface area contributed by atoms with Crippen LogP contribution in [0.4, 0.5) is 4.79 Å². The third kappa shape index (κ3) is 3.73. The number of amides is 2. The molecular weight excluding hydrogens is 334 g/mol. The molecule has 1 atom stereocenters. The summed E-state index contributed by atoms with van der Waals surface area (Å²) in [5, 5.41) is 3.07. The first-order valence-electron chi connectivity index (χ1n) is 10.9. The third-order valence-electron chi connectivity index (χ3n) is 7.01. The van der Waals surface area contributed by atoms with Gasteiger partial charge in [-0.25, -0.2) is 4.79 Å². The highest BCUT2D eigenvalue weighted by molar-refractivity contribution is 5.74. The lowest BCUT2D eigenvalue weighted by molar-refractivity contribution is -0.110. The molecule has 4 nitrogen and oxygen atoms in total. The number of likely N-dealkylation sites (tertiary alicyclic amines) is 2. The monoisotopic (exact) mass is 369 g/mol. The van der Waals surface area contributed by atoms with Crippen LogP contribution < -0.4 is 5.32 Å². The SMILES string of the molecule is CC(C)CNC(=O)N1CCC(N2CC3(CCCC3)C2c2ccccc2)CC1. The Hall–Kier alpha value is -1.55. The van der Waals surface area contributed by atoms with Gasteiger partial charge in [-0.05, 0) is 37.2 Å². The first-order chi connectivity index (χ1) is 13.1. The highest BCUT2D eigenvalue weighted by Crippen LogP contribution is 2.59. The van der Waals surface area contributed by atoms with E-state index in [1.165, 1.54) is 37.8 Å². The number of hydrogen-bond donors (Lipinski definition) is 1. The van der Waals surface area contributed by atoms with Crippen LogP contribution in [-0.4, -0.2) is 48.1 Å². The number of piperidine rings is 1. The largest absolute Gasteiger partial charge is 0.338 e. The van der Waals surface area contributed by atoms with E-state index in [-0.39, 0.29) is 6.03 Å². The van der Waals surface area contributed by atoms with E-state index in [4.69, 9.17) is 0 Å². The molecule has 1 N–H and O–H groups in total. The number of nitrogens with one attached hydrogen (secondary N) is 1. The second-order valence-electron chi connectivity index (χ2n) is 9.35. The van der Waals surface area contributed by atoms with Crippen molar-refractivity contribution < 1.29 is 4.79 Å². The van der Waals surface area contributed by atoms with Gasteiger partial charge in [0, 0.05) is 43.7 Å². The van der Waals surface area contributed by atoms with Gasteiger partial charge >= 0.3 is 6.03 Å². The molecule has 3 fully saturated rings. The summed E-state index contributed by atoms with van der Waals surface area (Å²) in [7, 11) is 0. The van der Waals surface area contributed by atoms with Gasteiger partial charge in [0.15, 0.2) is 0 Å². The Morgan fingerprint density at radius 2 is 1.81 bits per heavy atom. The number of benzene rings is 1. The van der Waals surface area contributed by atoms with Crippen LogP contribution in [-0.2, 0) is 0 Å². The zero-order valence-electron chi connectivity index (χ0n) is 17.0. The molecule has 4 heteroatoms. The van der Waals surface area contributed by atoms with Gasteiger partial charge in [-0.15, -0.1) is 0 Å². The van der Waals surface area contributed by atoms with Crippen LogP contribution in [0.5, 0.6) is 0 Å². The van der Waals surface area contributed by atoms with Crippen LogP contribution in [0.3, 0.4) is 0 Å². The molecule has 1 spiro atoms. The van der Waals surface area contributed by atoms with Gasteiger partial charge in [-0.3, -0.25) is 4.90 Å². The van der Waals surface area contributed by atoms with Gasteiger partial charge in [0.05, 0.1) is 0 Å². The summed E-state index contributed by atoms with van der Waals surface area (Å²) in [6.45, 7) is 8.08. The summed E-state index contributed by atoms with van der Waals surface area (Å²) in [5.41, 5.74) is 2.02. The van der Waals surface area contributed by atoms with Crippen LogP contribution in [0, 0.1) is 11.3 Å². The maximum atomic E-state index is 12.4. The second-order valence-corrected chi connectivity index (χ2v) is 9.35. The zero-order valence-corrected chi connectivity index (χ0v) is 17.0. The molecule has 0 aromatic heterocycles. The van der Waals surface area contributed by atoms with Crippen molar-refractivity contribution in [1.82, 2.24) is 15.1 Å². The van der Waals surface area contributed by atoms with E-state index in [9.17, 15) is 4.79 Å². The quantitative estimate of drug-likeness (QED) is 0.852. The first kappa shape index (κ1) is 18.8. The standard InChI is InChI=1S/C23H35N3O/c1-18(2)16-24-22(27)25-14-10-20(11-15-25)26-17-23(12-6-7-13-23)21(26)19-8-4-3-5-9-19/h3-5,8-9,18,20-21H,6-7,10-17H2,1-2H3,(H,24,27).